The van der Waals surface area contributed by atoms with Gasteiger partial charge in [0.05, 0.1) is 5.92 Å². The van der Waals surface area contributed by atoms with E-state index in [1.165, 1.54) is 0 Å². The average molecular weight is 403 g/mol. The van der Waals surface area contributed by atoms with E-state index >= 15 is 0 Å². The van der Waals surface area contributed by atoms with Gasteiger partial charge in [-0.3, -0.25) is 15.6 Å². The third kappa shape index (κ3) is 3.54. The quantitative estimate of drug-likeness (QED) is 0.747. The highest BCUT2D eigenvalue weighted by molar-refractivity contribution is 6.30. The lowest BCUT2D eigenvalue weighted by molar-refractivity contribution is -0.178. The van der Waals surface area contributed by atoms with Crippen molar-refractivity contribution in [3.8, 4) is 0 Å². The van der Waals surface area contributed by atoms with Crippen LogP contribution in [0.4, 0.5) is 13.2 Å². The Hall–Kier alpha value is -1.38. The number of amides is 1. The molecule has 9 heteroatoms. The summed E-state index contributed by atoms with van der Waals surface area (Å²) in [6.45, 7) is 1.03. The number of hydrogen-bond donors (Lipinski definition) is 2. The lowest BCUT2D eigenvalue weighted by Crippen LogP contribution is -2.63. The minimum Gasteiger partial charge on any atom is -0.330 e. The summed E-state index contributed by atoms with van der Waals surface area (Å²) < 4.78 is 39.6. The molecule has 3 fully saturated rings. The number of rotatable bonds is 2. The number of hydrogen-bond acceptors (Lipinski definition) is 4. The van der Waals surface area contributed by atoms with Crippen molar-refractivity contribution in [3.63, 3.8) is 0 Å². The molecule has 1 aromatic heterocycles. The van der Waals surface area contributed by atoms with Crippen LogP contribution < -0.4 is 10.9 Å². The molecule has 5 atom stereocenters. The van der Waals surface area contributed by atoms with Crippen molar-refractivity contribution in [1.82, 2.24) is 20.7 Å². The van der Waals surface area contributed by atoms with Gasteiger partial charge in [-0.25, -0.2) is 4.98 Å². The summed E-state index contributed by atoms with van der Waals surface area (Å²) in [7, 11) is 0. The average Bonchev–Trinajstić information content (AvgIpc) is 3.07. The van der Waals surface area contributed by atoms with E-state index in [0.717, 1.165) is 29.0 Å². The first-order valence-corrected chi connectivity index (χ1v) is 9.61. The van der Waals surface area contributed by atoms with Crippen molar-refractivity contribution in [2.24, 2.45) is 11.8 Å². The summed E-state index contributed by atoms with van der Waals surface area (Å²) in [6, 6.07) is 3.21. The van der Waals surface area contributed by atoms with Gasteiger partial charge in [-0.1, -0.05) is 17.7 Å². The van der Waals surface area contributed by atoms with E-state index in [2.05, 4.69) is 15.8 Å². The Morgan fingerprint density at radius 3 is 2.81 bits per heavy atom. The van der Waals surface area contributed by atoms with Gasteiger partial charge in [0.1, 0.15) is 11.7 Å². The van der Waals surface area contributed by atoms with E-state index in [-0.39, 0.29) is 17.9 Å². The number of halogens is 4. The van der Waals surface area contributed by atoms with E-state index in [0.29, 0.717) is 18.1 Å². The van der Waals surface area contributed by atoms with E-state index in [9.17, 15) is 18.0 Å². The highest BCUT2D eigenvalue weighted by Gasteiger charge is 2.54. The molecule has 3 heterocycles. The molecule has 5 unspecified atom stereocenters. The Kier molecular flexibility index (Phi) is 4.84. The zero-order valence-electron chi connectivity index (χ0n) is 14.9. The molecule has 1 saturated carbocycles. The van der Waals surface area contributed by atoms with Crippen LogP contribution in [0.3, 0.4) is 0 Å². The van der Waals surface area contributed by atoms with Crippen LogP contribution in [0.2, 0.25) is 5.15 Å². The van der Waals surface area contributed by atoms with Gasteiger partial charge in [-0.05, 0) is 49.7 Å². The van der Waals surface area contributed by atoms with Crippen molar-refractivity contribution in [3.05, 3.63) is 28.5 Å². The normalized spacial score (nSPS) is 33.7. The molecule has 5 nitrogen and oxygen atoms in total. The molecule has 148 valence electrons. The zero-order chi connectivity index (χ0) is 19.3. The number of hydrazine groups is 1. The van der Waals surface area contributed by atoms with Gasteiger partial charge in [0.15, 0.2) is 0 Å². The SMILES string of the molecule is Cc1ccc(C2CCC3C4NNCC4C(=O)N(CC(F)(F)F)C3C2)c(Cl)n1. The highest BCUT2D eigenvalue weighted by atomic mass is 35.5. The van der Waals surface area contributed by atoms with Crippen LogP contribution in [-0.4, -0.2) is 47.1 Å². The van der Waals surface area contributed by atoms with Gasteiger partial charge >= 0.3 is 6.18 Å². The number of nitrogens with one attached hydrogen (secondary N) is 2. The fraction of sp³-hybridized carbons (Fsp3) is 0.667. The van der Waals surface area contributed by atoms with Crippen LogP contribution in [-0.2, 0) is 4.79 Å². The second kappa shape index (κ2) is 6.90. The molecule has 4 rings (SSSR count). The van der Waals surface area contributed by atoms with E-state index in [4.69, 9.17) is 11.6 Å². The number of carbonyl (C=O) groups is 1. The van der Waals surface area contributed by atoms with Gasteiger partial charge in [-0.2, -0.15) is 13.2 Å². The predicted octanol–water partition coefficient (Wildman–Crippen LogP) is 2.79. The Labute approximate surface area is 160 Å². The fourth-order valence-corrected chi connectivity index (χ4v) is 5.35. The van der Waals surface area contributed by atoms with E-state index in [1.807, 2.05) is 19.1 Å². The van der Waals surface area contributed by atoms with Crippen molar-refractivity contribution >= 4 is 17.5 Å². The molecule has 1 amide bonds. The van der Waals surface area contributed by atoms with Crippen molar-refractivity contribution < 1.29 is 18.0 Å². The smallest absolute Gasteiger partial charge is 0.330 e. The van der Waals surface area contributed by atoms with Crippen LogP contribution in [0.15, 0.2) is 12.1 Å². The number of alkyl halides is 3. The summed E-state index contributed by atoms with van der Waals surface area (Å²) >= 11 is 6.30. The Bertz CT molecular complexity index is 744. The number of likely N-dealkylation sites (tertiary alicyclic amines) is 1. The number of pyridine rings is 1. The van der Waals surface area contributed by atoms with Crippen LogP contribution >= 0.6 is 11.6 Å². The largest absolute Gasteiger partial charge is 0.406 e. The van der Waals surface area contributed by atoms with E-state index in [1.54, 1.807) is 0 Å². The third-order valence-electron chi connectivity index (χ3n) is 6.16. The molecule has 2 aliphatic heterocycles. The summed E-state index contributed by atoms with van der Waals surface area (Å²) in [4.78, 5) is 18.2. The molecule has 2 saturated heterocycles. The maximum absolute atomic E-state index is 13.2. The number of piperidine rings is 1. The first kappa shape index (κ1) is 19.0. The molecule has 3 aliphatic rings. The summed E-state index contributed by atoms with van der Waals surface area (Å²) in [5.74, 6) is -0.848. The minimum atomic E-state index is -4.41. The van der Waals surface area contributed by atoms with Gasteiger partial charge < -0.3 is 4.90 Å². The van der Waals surface area contributed by atoms with Gasteiger partial charge in [0, 0.05) is 24.3 Å². The highest BCUT2D eigenvalue weighted by Crippen LogP contribution is 2.46. The molecular formula is C18H22ClF3N4O. The monoisotopic (exact) mass is 402 g/mol. The number of fused-ring (bicyclic) bond motifs is 3. The maximum Gasteiger partial charge on any atom is 0.406 e. The molecule has 0 spiro atoms. The number of aryl methyl sites for hydroxylation is 1. The van der Waals surface area contributed by atoms with Crippen molar-refractivity contribution in [2.45, 2.75) is 50.4 Å². The van der Waals surface area contributed by atoms with Crippen molar-refractivity contribution in [2.75, 3.05) is 13.1 Å². The molecule has 0 bridgehead atoms. The minimum absolute atomic E-state index is 0.00120. The Morgan fingerprint density at radius 2 is 2.11 bits per heavy atom. The number of carbonyl (C=O) groups excluding carboxylic acids is 1. The first-order valence-electron chi connectivity index (χ1n) is 9.23. The summed E-state index contributed by atoms with van der Waals surface area (Å²) in [5, 5.41) is 0.404. The lowest BCUT2D eigenvalue weighted by atomic mass is 9.67. The molecular weight excluding hydrogens is 381 g/mol. The van der Waals surface area contributed by atoms with Crippen LogP contribution in [0.25, 0.3) is 0 Å². The van der Waals surface area contributed by atoms with Gasteiger partial charge in [0.2, 0.25) is 5.91 Å². The molecule has 27 heavy (non-hydrogen) atoms. The zero-order valence-corrected chi connectivity index (χ0v) is 15.6. The van der Waals surface area contributed by atoms with Gasteiger partial charge in [0.25, 0.3) is 0 Å². The maximum atomic E-state index is 13.2. The second-order valence-corrected chi connectivity index (χ2v) is 8.17. The Balaban J connectivity index is 1.63. The van der Waals surface area contributed by atoms with Crippen LogP contribution in [0.5, 0.6) is 0 Å². The topological polar surface area (TPSA) is 57.3 Å². The van der Waals surface area contributed by atoms with Crippen LogP contribution in [0.1, 0.15) is 36.4 Å². The second-order valence-electron chi connectivity index (χ2n) is 7.81. The molecule has 1 aromatic rings. The Morgan fingerprint density at radius 1 is 1.33 bits per heavy atom. The number of aromatic nitrogens is 1. The van der Waals surface area contributed by atoms with Gasteiger partial charge in [-0.15, -0.1) is 0 Å². The standard InChI is InChI=1S/C18H22ClF3N4O/c1-9-2-4-11(16(19)24-9)10-3-5-12-14(6-10)26(8-18(20,21)22)17(27)13-7-23-25-15(12)13/h2,4,10,12-15,23,25H,3,5-8H2,1H3. The first-order chi connectivity index (χ1) is 12.7. The van der Waals surface area contributed by atoms with Crippen LogP contribution in [0, 0.1) is 18.8 Å². The van der Waals surface area contributed by atoms with Crippen molar-refractivity contribution in [1.29, 1.82) is 0 Å². The van der Waals surface area contributed by atoms with E-state index < -0.39 is 30.6 Å². The summed E-state index contributed by atoms with van der Waals surface area (Å²) in [5.41, 5.74) is 7.75. The molecule has 1 aliphatic carbocycles. The molecule has 2 N–H and O–H groups in total. The molecule has 0 radical (unpaired) electrons. The fourth-order valence-electron chi connectivity index (χ4n) is 5.00. The summed E-state index contributed by atoms with van der Waals surface area (Å²) in [6.07, 6.45) is -2.37. The third-order valence-corrected chi connectivity index (χ3v) is 6.46. The number of nitrogens with zero attached hydrogens (tertiary/aromatic N) is 2. The lowest BCUT2D eigenvalue weighted by Gasteiger charge is -2.50. The predicted molar refractivity (Wildman–Crippen MR) is 94.0 cm³/mol. The molecule has 0 aromatic carbocycles.